The molecule has 0 aromatic carbocycles. The summed E-state index contributed by atoms with van der Waals surface area (Å²) in [6.07, 6.45) is 0.825. The smallest absolute Gasteiger partial charge is 0.321 e. The van der Waals surface area contributed by atoms with Crippen LogP contribution in [0.3, 0.4) is 0 Å². The number of hydrogen-bond acceptors (Lipinski definition) is 2. The molecule has 2 N–H and O–H groups in total. The van der Waals surface area contributed by atoms with Gasteiger partial charge >= 0.3 is 11.9 Å². The quantitative estimate of drug-likeness (QED) is 0.637. The Morgan fingerprint density at radius 2 is 1.08 bits per heavy atom. The van der Waals surface area contributed by atoms with Gasteiger partial charge in [-0.3, -0.25) is 9.59 Å². The minimum atomic E-state index is -1.75. The second-order valence-corrected chi connectivity index (χ2v) is 11.2. The van der Waals surface area contributed by atoms with Gasteiger partial charge in [0.05, 0.1) is 0 Å². The maximum Gasteiger partial charge on any atom is 0.321 e. The molecule has 0 saturated heterocycles. The van der Waals surface area contributed by atoms with Gasteiger partial charge in [-0.15, -0.1) is 0 Å². The van der Waals surface area contributed by atoms with E-state index in [9.17, 15) is 19.8 Å². The minimum Gasteiger partial charge on any atom is -0.480 e. The van der Waals surface area contributed by atoms with Crippen molar-refractivity contribution in [2.24, 2.45) is 45.3 Å². The van der Waals surface area contributed by atoms with Crippen LogP contribution in [0.15, 0.2) is 0 Å². The van der Waals surface area contributed by atoms with E-state index in [4.69, 9.17) is 0 Å². The third-order valence-electron chi connectivity index (χ3n) is 7.38. The summed E-state index contributed by atoms with van der Waals surface area (Å²) >= 11 is 0. The zero-order valence-electron chi connectivity index (χ0n) is 18.4. The fourth-order valence-corrected chi connectivity index (χ4v) is 5.95. The van der Waals surface area contributed by atoms with Crippen molar-refractivity contribution in [1.29, 1.82) is 0 Å². The Morgan fingerprint density at radius 3 is 1.31 bits per heavy atom. The minimum absolute atomic E-state index is 0.0177. The number of rotatable bonds is 4. The van der Waals surface area contributed by atoms with Crippen LogP contribution in [0.1, 0.15) is 82.1 Å². The van der Waals surface area contributed by atoms with Crippen molar-refractivity contribution >= 4 is 11.9 Å². The third-order valence-corrected chi connectivity index (χ3v) is 7.38. The monoisotopic (exact) mass is 368 g/mol. The lowest BCUT2D eigenvalue weighted by molar-refractivity contribution is -0.209. The van der Waals surface area contributed by atoms with Crippen molar-refractivity contribution in [3.8, 4) is 0 Å². The van der Waals surface area contributed by atoms with Crippen molar-refractivity contribution in [2.45, 2.75) is 82.1 Å². The molecule has 0 aliphatic heterocycles. The van der Waals surface area contributed by atoms with Crippen molar-refractivity contribution in [3.05, 3.63) is 0 Å². The average molecular weight is 369 g/mol. The molecule has 1 fully saturated rings. The van der Waals surface area contributed by atoms with Gasteiger partial charge in [0, 0.05) is 5.41 Å². The Bertz CT molecular complexity index is 523. The fraction of sp³-hybridized carbons (Fsp3) is 0.909. The van der Waals surface area contributed by atoms with Crippen LogP contribution >= 0.6 is 0 Å². The van der Waals surface area contributed by atoms with Crippen LogP contribution in [0, 0.1) is 45.3 Å². The Balaban J connectivity index is 3.87. The van der Waals surface area contributed by atoms with Gasteiger partial charge in [0.15, 0.2) is 5.41 Å². The summed E-state index contributed by atoms with van der Waals surface area (Å²) in [4.78, 5) is 25.2. The van der Waals surface area contributed by atoms with Crippen molar-refractivity contribution < 1.29 is 19.8 Å². The zero-order valence-corrected chi connectivity index (χ0v) is 18.4. The number of aliphatic carboxylic acids is 2. The lowest BCUT2D eigenvalue weighted by atomic mass is 9.40. The first-order valence-corrected chi connectivity index (χ1v) is 9.93. The Morgan fingerprint density at radius 1 is 0.769 bits per heavy atom. The van der Waals surface area contributed by atoms with Gasteiger partial charge in [-0.2, -0.15) is 0 Å². The molecule has 152 valence electrons. The second kappa shape index (κ2) is 6.83. The predicted octanol–water partition coefficient (Wildman–Crippen LogP) is 5.56. The maximum atomic E-state index is 12.6. The van der Waals surface area contributed by atoms with E-state index in [1.807, 2.05) is 27.7 Å². The molecule has 1 saturated carbocycles. The zero-order chi connectivity index (χ0) is 20.9. The van der Waals surface area contributed by atoms with Crippen LogP contribution in [0.25, 0.3) is 0 Å². The topological polar surface area (TPSA) is 74.6 Å². The molecule has 4 heteroatoms. The van der Waals surface area contributed by atoms with Crippen LogP contribution in [0.5, 0.6) is 0 Å². The summed E-state index contributed by atoms with van der Waals surface area (Å²) < 4.78 is 0. The van der Waals surface area contributed by atoms with Crippen molar-refractivity contribution in [2.75, 3.05) is 0 Å². The molecule has 1 rings (SSSR count). The lowest BCUT2D eigenvalue weighted by Gasteiger charge is -2.62. The molecule has 0 amide bonds. The van der Waals surface area contributed by atoms with Crippen LogP contribution in [0.4, 0.5) is 0 Å². The lowest BCUT2D eigenvalue weighted by Crippen LogP contribution is -2.65. The van der Waals surface area contributed by atoms with Gasteiger partial charge < -0.3 is 10.2 Å². The van der Waals surface area contributed by atoms with E-state index in [-0.39, 0.29) is 40.9 Å². The van der Waals surface area contributed by atoms with E-state index < -0.39 is 22.8 Å². The Hall–Kier alpha value is -1.06. The number of carbonyl (C=O) groups is 2. The van der Waals surface area contributed by atoms with E-state index in [0.29, 0.717) is 6.42 Å². The van der Waals surface area contributed by atoms with E-state index in [1.54, 1.807) is 0 Å². The van der Waals surface area contributed by atoms with E-state index >= 15 is 0 Å². The second-order valence-electron chi connectivity index (χ2n) is 11.2. The van der Waals surface area contributed by atoms with Crippen molar-refractivity contribution in [1.82, 2.24) is 0 Å². The normalized spacial score (nSPS) is 26.2. The average Bonchev–Trinajstić information content (AvgIpc) is 2.42. The molecule has 0 aromatic heterocycles. The fourth-order valence-electron chi connectivity index (χ4n) is 5.95. The van der Waals surface area contributed by atoms with Crippen LogP contribution in [-0.2, 0) is 9.59 Å². The number of carboxylic acid groups (broad SMARTS) is 2. The molecule has 1 aliphatic rings. The first kappa shape index (κ1) is 23.0. The van der Waals surface area contributed by atoms with Gasteiger partial charge in [0.2, 0.25) is 0 Å². The Labute approximate surface area is 159 Å². The van der Waals surface area contributed by atoms with Gasteiger partial charge in [-0.1, -0.05) is 69.2 Å². The molecule has 0 unspecified atom stereocenters. The molecular formula is C22H40O4. The molecule has 4 nitrogen and oxygen atoms in total. The van der Waals surface area contributed by atoms with Gasteiger partial charge in [0.1, 0.15) is 0 Å². The summed E-state index contributed by atoms with van der Waals surface area (Å²) in [5, 5.41) is 20.6. The molecule has 26 heavy (non-hydrogen) atoms. The number of hydrogen-bond donors (Lipinski definition) is 2. The van der Waals surface area contributed by atoms with E-state index in [2.05, 4.69) is 41.5 Å². The van der Waals surface area contributed by atoms with Gasteiger partial charge in [-0.25, -0.2) is 0 Å². The van der Waals surface area contributed by atoms with E-state index in [1.165, 1.54) is 0 Å². The van der Waals surface area contributed by atoms with Crippen LogP contribution in [-0.4, -0.2) is 22.2 Å². The molecule has 0 spiro atoms. The number of carboxylic acids is 2. The molecule has 0 bridgehead atoms. The third kappa shape index (κ3) is 3.29. The summed E-state index contributed by atoms with van der Waals surface area (Å²) in [7, 11) is 0. The predicted molar refractivity (Wildman–Crippen MR) is 105 cm³/mol. The van der Waals surface area contributed by atoms with Crippen LogP contribution in [0.2, 0.25) is 0 Å². The first-order chi connectivity index (χ1) is 11.5. The van der Waals surface area contributed by atoms with Gasteiger partial charge in [-0.05, 0) is 47.3 Å². The summed E-state index contributed by atoms with van der Waals surface area (Å²) in [5.74, 6) is -2.14. The highest BCUT2D eigenvalue weighted by atomic mass is 16.4. The standard InChI is InChI=1S/C22H40O4/c1-13(2)21(14(3)4)11-15(19(5,6)7)16(20(8,9)10)12-22(21,17(23)24)18(25)26/h13-16H,11-12H2,1-10H3,(H,23,24)(H,25,26)/t15-,16-/m0/s1. The molecule has 1 aliphatic carbocycles. The summed E-state index contributed by atoms with van der Waals surface area (Å²) in [6.45, 7) is 20.9. The maximum absolute atomic E-state index is 12.6. The first-order valence-electron chi connectivity index (χ1n) is 9.93. The summed E-state index contributed by atoms with van der Waals surface area (Å²) in [5.41, 5.74) is -2.72. The Kier molecular flexibility index (Phi) is 6.04. The largest absolute Gasteiger partial charge is 0.480 e. The SMILES string of the molecule is CC(C)C1(C(C)C)C[C@H](C(C)(C)C)[C@@H](C(C)(C)C)CC1(C(=O)O)C(=O)O. The molecule has 2 atom stereocenters. The summed E-state index contributed by atoms with van der Waals surface area (Å²) in [6, 6.07) is 0. The molecular weight excluding hydrogens is 328 g/mol. The van der Waals surface area contributed by atoms with E-state index in [0.717, 1.165) is 0 Å². The molecule has 0 heterocycles. The van der Waals surface area contributed by atoms with Crippen molar-refractivity contribution in [3.63, 3.8) is 0 Å². The van der Waals surface area contributed by atoms with Crippen LogP contribution < -0.4 is 0 Å². The highest BCUT2D eigenvalue weighted by Crippen LogP contribution is 2.66. The van der Waals surface area contributed by atoms with Gasteiger partial charge in [0.25, 0.3) is 0 Å². The highest BCUT2D eigenvalue weighted by Gasteiger charge is 2.70. The molecule has 0 radical (unpaired) electrons. The molecule has 0 aromatic rings. The highest BCUT2D eigenvalue weighted by molar-refractivity contribution is 5.99.